The highest BCUT2D eigenvalue weighted by Crippen LogP contribution is 2.19. The average Bonchev–Trinajstić information content (AvgIpc) is 3.12. The van der Waals surface area contributed by atoms with Crippen LogP contribution in [0.2, 0.25) is 0 Å². The van der Waals surface area contributed by atoms with Gasteiger partial charge in [0, 0.05) is 25.2 Å². The summed E-state index contributed by atoms with van der Waals surface area (Å²) in [7, 11) is 0. The molecule has 1 N–H and O–H groups in total. The molecular weight excluding hydrogens is 386 g/mol. The van der Waals surface area contributed by atoms with E-state index in [1.807, 2.05) is 34.6 Å². The fraction of sp³-hybridized carbons (Fsp3) is 0.429. The number of nitrogens with one attached hydrogen (secondary N) is 1. The molecule has 2 aromatic rings. The molecule has 1 saturated heterocycles. The van der Waals surface area contributed by atoms with E-state index in [2.05, 4.69) is 22.1 Å². The fourth-order valence-electron chi connectivity index (χ4n) is 3.28. The average molecular weight is 414 g/mol. The molecule has 0 atom stereocenters. The number of amides is 2. The third kappa shape index (κ3) is 5.69. The van der Waals surface area contributed by atoms with Crippen molar-refractivity contribution >= 4 is 23.6 Å². The van der Waals surface area contributed by atoms with E-state index in [-0.39, 0.29) is 18.4 Å². The molecule has 2 amide bonds. The molecule has 0 spiro atoms. The standard InChI is InChI=1S/C21H27N5O2S/c1-3-10-26-18(14-22-20(28)17-9-7-8-16(2)13-17)23-24-21(26)29-15-19(27)25-11-5-4-6-12-25/h3,7-9,13H,1,4-6,10-12,14-15H2,2H3,(H,22,28). The lowest BCUT2D eigenvalue weighted by molar-refractivity contribution is -0.129. The zero-order valence-electron chi connectivity index (χ0n) is 16.8. The quantitative estimate of drug-likeness (QED) is 0.532. The minimum atomic E-state index is -0.156. The van der Waals surface area contributed by atoms with Crippen LogP contribution in [0.15, 0.2) is 42.1 Å². The van der Waals surface area contributed by atoms with E-state index in [0.717, 1.165) is 31.5 Å². The van der Waals surface area contributed by atoms with Crippen LogP contribution in [0, 0.1) is 6.92 Å². The number of hydrogen-bond acceptors (Lipinski definition) is 5. The van der Waals surface area contributed by atoms with Gasteiger partial charge < -0.3 is 14.8 Å². The SMILES string of the molecule is C=CCn1c(CNC(=O)c2cccc(C)c2)nnc1SCC(=O)N1CCCCC1. The number of rotatable bonds is 8. The second kappa shape index (κ2) is 10.2. The predicted octanol–water partition coefficient (Wildman–Crippen LogP) is 2.81. The van der Waals surface area contributed by atoms with Gasteiger partial charge in [-0.05, 0) is 38.3 Å². The first-order chi connectivity index (χ1) is 14.1. The van der Waals surface area contributed by atoms with E-state index in [9.17, 15) is 9.59 Å². The van der Waals surface area contributed by atoms with Gasteiger partial charge in [0.05, 0.1) is 12.3 Å². The van der Waals surface area contributed by atoms with Gasteiger partial charge >= 0.3 is 0 Å². The predicted molar refractivity (Wildman–Crippen MR) is 114 cm³/mol. The molecule has 1 fully saturated rings. The number of carbonyl (C=O) groups is 2. The zero-order valence-corrected chi connectivity index (χ0v) is 17.6. The third-order valence-electron chi connectivity index (χ3n) is 4.83. The Morgan fingerprint density at radius 1 is 1.24 bits per heavy atom. The van der Waals surface area contributed by atoms with Gasteiger partial charge in [-0.2, -0.15) is 0 Å². The van der Waals surface area contributed by atoms with Crippen molar-refractivity contribution in [3.05, 3.63) is 53.9 Å². The Labute approximate surface area is 175 Å². The van der Waals surface area contributed by atoms with Crippen LogP contribution >= 0.6 is 11.8 Å². The number of piperidine rings is 1. The van der Waals surface area contributed by atoms with Crippen molar-refractivity contribution in [3.8, 4) is 0 Å². The summed E-state index contributed by atoms with van der Waals surface area (Å²) in [5.74, 6) is 0.956. The molecule has 0 aliphatic carbocycles. The number of allylic oxidation sites excluding steroid dienone is 1. The molecule has 1 aliphatic heterocycles. The van der Waals surface area contributed by atoms with E-state index in [4.69, 9.17) is 0 Å². The highest BCUT2D eigenvalue weighted by Gasteiger charge is 2.19. The van der Waals surface area contributed by atoms with Crippen molar-refractivity contribution in [2.75, 3.05) is 18.8 Å². The van der Waals surface area contributed by atoms with Crippen molar-refractivity contribution in [2.24, 2.45) is 0 Å². The van der Waals surface area contributed by atoms with E-state index in [0.29, 0.717) is 28.8 Å². The summed E-state index contributed by atoms with van der Waals surface area (Å²) < 4.78 is 1.89. The summed E-state index contributed by atoms with van der Waals surface area (Å²) in [6, 6.07) is 7.44. The van der Waals surface area contributed by atoms with Gasteiger partial charge in [0.2, 0.25) is 5.91 Å². The van der Waals surface area contributed by atoms with E-state index >= 15 is 0 Å². The first-order valence-electron chi connectivity index (χ1n) is 9.87. The number of hydrogen-bond donors (Lipinski definition) is 1. The van der Waals surface area contributed by atoms with Crippen molar-refractivity contribution in [3.63, 3.8) is 0 Å². The topological polar surface area (TPSA) is 80.1 Å². The zero-order chi connectivity index (χ0) is 20.6. The monoisotopic (exact) mass is 413 g/mol. The number of aromatic nitrogens is 3. The lowest BCUT2D eigenvalue weighted by atomic mass is 10.1. The molecule has 3 rings (SSSR count). The minimum Gasteiger partial charge on any atom is -0.345 e. The van der Waals surface area contributed by atoms with E-state index < -0.39 is 0 Å². The molecule has 29 heavy (non-hydrogen) atoms. The number of likely N-dealkylation sites (tertiary alicyclic amines) is 1. The Bertz CT molecular complexity index is 874. The van der Waals surface area contributed by atoms with Crippen LogP contribution in [0.4, 0.5) is 0 Å². The van der Waals surface area contributed by atoms with Crippen molar-refractivity contribution in [1.29, 1.82) is 0 Å². The summed E-state index contributed by atoms with van der Waals surface area (Å²) in [6.07, 6.45) is 5.11. The van der Waals surface area contributed by atoms with Crippen LogP contribution in [0.1, 0.15) is 41.0 Å². The second-order valence-electron chi connectivity index (χ2n) is 7.08. The van der Waals surface area contributed by atoms with Gasteiger partial charge in [-0.1, -0.05) is 35.5 Å². The van der Waals surface area contributed by atoms with Gasteiger partial charge in [-0.25, -0.2) is 0 Å². The molecule has 154 valence electrons. The molecule has 1 aromatic heterocycles. The van der Waals surface area contributed by atoms with Crippen LogP contribution < -0.4 is 5.32 Å². The molecular formula is C21H27N5O2S. The van der Waals surface area contributed by atoms with Gasteiger partial charge in [-0.3, -0.25) is 9.59 Å². The lowest BCUT2D eigenvalue weighted by Crippen LogP contribution is -2.36. The number of nitrogens with zero attached hydrogens (tertiary/aromatic N) is 4. The normalized spacial score (nSPS) is 13.9. The summed E-state index contributed by atoms with van der Waals surface area (Å²) in [4.78, 5) is 26.7. The van der Waals surface area contributed by atoms with Crippen LogP contribution in [0.3, 0.4) is 0 Å². The van der Waals surface area contributed by atoms with E-state index in [1.54, 1.807) is 12.1 Å². The van der Waals surface area contributed by atoms with E-state index in [1.165, 1.54) is 18.2 Å². The molecule has 7 nitrogen and oxygen atoms in total. The summed E-state index contributed by atoms with van der Waals surface area (Å²) in [5.41, 5.74) is 1.64. The first kappa shape index (κ1) is 21.1. The molecule has 0 saturated carbocycles. The summed E-state index contributed by atoms with van der Waals surface area (Å²) in [6.45, 7) is 8.20. The summed E-state index contributed by atoms with van der Waals surface area (Å²) in [5, 5.41) is 12.0. The first-order valence-corrected chi connectivity index (χ1v) is 10.9. The molecule has 0 unspecified atom stereocenters. The van der Waals surface area contributed by atoms with Crippen molar-refractivity contribution in [2.45, 2.75) is 44.4 Å². The van der Waals surface area contributed by atoms with Gasteiger partial charge in [0.25, 0.3) is 5.91 Å². The Morgan fingerprint density at radius 3 is 2.76 bits per heavy atom. The maximum Gasteiger partial charge on any atom is 0.251 e. The molecule has 1 aliphatic rings. The lowest BCUT2D eigenvalue weighted by Gasteiger charge is -2.26. The third-order valence-corrected chi connectivity index (χ3v) is 5.78. The number of aryl methyl sites for hydroxylation is 1. The maximum absolute atomic E-state index is 12.4. The molecule has 0 radical (unpaired) electrons. The Balaban J connectivity index is 1.61. The summed E-state index contributed by atoms with van der Waals surface area (Å²) >= 11 is 1.38. The maximum atomic E-state index is 12.4. The smallest absolute Gasteiger partial charge is 0.251 e. The van der Waals surface area contributed by atoms with Crippen LogP contribution in [-0.4, -0.2) is 50.3 Å². The van der Waals surface area contributed by atoms with Gasteiger partial charge in [0.15, 0.2) is 11.0 Å². The highest BCUT2D eigenvalue weighted by atomic mass is 32.2. The van der Waals surface area contributed by atoms with Crippen LogP contribution in [0.5, 0.6) is 0 Å². The fourth-order valence-corrected chi connectivity index (χ4v) is 4.15. The largest absolute Gasteiger partial charge is 0.345 e. The molecule has 2 heterocycles. The Kier molecular flexibility index (Phi) is 7.46. The molecule has 0 bridgehead atoms. The highest BCUT2D eigenvalue weighted by molar-refractivity contribution is 7.99. The number of carbonyl (C=O) groups excluding carboxylic acids is 2. The second-order valence-corrected chi connectivity index (χ2v) is 8.02. The minimum absolute atomic E-state index is 0.136. The van der Waals surface area contributed by atoms with Crippen molar-refractivity contribution < 1.29 is 9.59 Å². The molecule has 8 heteroatoms. The Morgan fingerprint density at radius 2 is 2.03 bits per heavy atom. The molecule has 1 aromatic carbocycles. The van der Waals surface area contributed by atoms with Crippen molar-refractivity contribution in [1.82, 2.24) is 25.0 Å². The number of thioether (sulfide) groups is 1. The van der Waals surface area contributed by atoms with Crippen LogP contribution in [-0.2, 0) is 17.9 Å². The van der Waals surface area contributed by atoms with Gasteiger partial charge in [0.1, 0.15) is 0 Å². The number of benzene rings is 1. The Hall–Kier alpha value is -2.61. The van der Waals surface area contributed by atoms with Crippen LogP contribution in [0.25, 0.3) is 0 Å². The van der Waals surface area contributed by atoms with Gasteiger partial charge in [-0.15, -0.1) is 16.8 Å².